The molecule has 38 heavy (non-hydrogen) atoms. The maximum Gasteiger partial charge on any atom is 0.460 e. The Labute approximate surface area is 219 Å². The summed E-state index contributed by atoms with van der Waals surface area (Å²) in [6.45, 7) is 0.303. The predicted molar refractivity (Wildman–Crippen MR) is 127 cm³/mol. The van der Waals surface area contributed by atoms with Gasteiger partial charge in [0, 0.05) is 29.0 Å². The lowest BCUT2D eigenvalue weighted by Crippen LogP contribution is -2.50. The number of rotatable bonds is 10. The molecule has 0 aliphatic carbocycles. The fourth-order valence-corrected chi connectivity index (χ4v) is 3.86. The molecule has 2 aromatic rings. The van der Waals surface area contributed by atoms with Gasteiger partial charge in [-0.3, -0.25) is 25.5 Å². The van der Waals surface area contributed by atoms with Crippen molar-refractivity contribution in [1.29, 1.82) is 5.41 Å². The van der Waals surface area contributed by atoms with Crippen molar-refractivity contribution in [3.63, 3.8) is 0 Å². The number of hydrogen-bond acceptors (Lipinski definition) is 8. The Bertz CT molecular complexity index is 1170. The number of amidine groups is 1. The molecule has 1 amide bonds. The number of carbonyl (C=O) groups is 1. The van der Waals surface area contributed by atoms with Crippen molar-refractivity contribution in [2.75, 3.05) is 36.5 Å². The van der Waals surface area contributed by atoms with Gasteiger partial charge in [-0.1, -0.05) is 11.8 Å². The number of anilines is 2. The standard InChI is InChI=1S/C20H20F8N6O2S2/c1-36-33-11-3-4-14(38-17(29)34(30)5-6-37-2)12(8-11)16(35)32-15-13(21)7-10(9-31-15)18(22,23)19(24,25)20(26,27)28/h3-4,7-9,29,33H,5-6,30H2,1-2H3,(H,31,32,35). The van der Waals surface area contributed by atoms with Gasteiger partial charge < -0.3 is 5.32 Å². The summed E-state index contributed by atoms with van der Waals surface area (Å²) in [5.74, 6) is -9.88. The van der Waals surface area contributed by atoms with E-state index in [1.807, 2.05) is 11.6 Å². The van der Waals surface area contributed by atoms with Crippen molar-refractivity contribution in [2.24, 2.45) is 5.84 Å². The van der Waals surface area contributed by atoms with Gasteiger partial charge in [0.1, 0.15) is 0 Å². The molecule has 0 bridgehead atoms. The van der Waals surface area contributed by atoms with Crippen LogP contribution in [0.1, 0.15) is 15.9 Å². The molecule has 0 spiro atoms. The number of carbonyl (C=O) groups excluding carboxylic acids is 1. The molecule has 5 N–H and O–H groups in total. The zero-order chi connectivity index (χ0) is 28.9. The summed E-state index contributed by atoms with van der Waals surface area (Å²) in [6.07, 6.45) is -4.90. The Morgan fingerprint density at radius 1 is 1.18 bits per heavy atom. The highest BCUT2D eigenvalue weighted by atomic mass is 32.2. The van der Waals surface area contributed by atoms with E-state index in [0.29, 0.717) is 12.3 Å². The van der Waals surface area contributed by atoms with E-state index in [4.69, 9.17) is 16.1 Å². The molecular weight excluding hydrogens is 572 g/mol. The second-order valence-electron chi connectivity index (χ2n) is 7.27. The molecule has 0 unspecified atom stereocenters. The molecule has 0 atom stereocenters. The third-order valence-electron chi connectivity index (χ3n) is 4.63. The van der Waals surface area contributed by atoms with E-state index in [1.165, 1.54) is 37.1 Å². The fourth-order valence-electron chi connectivity index (χ4n) is 2.67. The van der Waals surface area contributed by atoms with Gasteiger partial charge >= 0.3 is 18.0 Å². The number of pyridine rings is 1. The molecular formula is C20H20F8N6O2S2. The van der Waals surface area contributed by atoms with Gasteiger partial charge in [-0.15, -0.1) is 0 Å². The first-order valence-electron chi connectivity index (χ1n) is 10.1. The third-order valence-corrected chi connectivity index (χ3v) is 6.23. The fraction of sp³-hybridized carbons (Fsp3) is 0.350. The molecule has 210 valence electrons. The molecule has 2 rings (SSSR count). The van der Waals surface area contributed by atoms with E-state index in [9.17, 15) is 39.9 Å². The number of benzene rings is 1. The number of thioether (sulfide) groups is 2. The van der Waals surface area contributed by atoms with E-state index in [2.05, 4.69) is 10.5 Å². The van der Waals surface area contributed by atoms with E-state index < -0.39 is 41.1 Å². The number of halogens is 8. The van der Waals surface area contributed by atoms with Crippen molar-refractivity contribution in [3.05, 3.63) is 47.4 Å². The second kappa shape index (κ2) is 12.4. The first kappa shape index (κ1) is 31.4. The molecule has 18 heteroatoms. The van der Waals surface area contributed by atoms with E-state index in [-0.39, 0.29) is 33.6 Å². The normalized spacial score (nSPS) is 12.3. The van der Waals surface area contributed by atoms with Crippen molar-refractivity contribution in [2.45, 2.75) is 22.9 Å². The van der Waals surface area contributed by atoms with Gasteiger partial charge in [-0.25, -0.2) is 15.2 Å². The van der Waals surface area contributed by atoms with Crippen LogP contribution >= 0.6 is 23.5 Å². The SMILES string of the molecule is CONc1ccc(SC(=N)N(N)CCSC)c(C(=O)Nc2ncc(C(F)(F)C(F)(F)C(F)(F)F)cc2F)c1. The summed E-state index contributed by atoms with van der Waals surface area (Å²) in [4.78, 5) is 20.9. The number of nitrogens with one attached hydrogen (secondary N) is 3. The Kier molecular flexibility index (Phi) is 10.2. The minimum atomic E-state index is -6.63. The van der Waals surface area contributed by atoms with Crippen LogP contribution in [0.25, 0.3) is 0 Å². The van der Waals surface area contributed by atoms with Crippen LogP contribution < -0.4 is 16.6 Å². The summed E-state index contributed by atoms with van der Waals surface area (Å²) in [5.41, 5.74) is 0.426. The van der Waals surface area contributed by atoms with Gasteiger partial charge in [0.25, 0.3) is 5.91 Å². The van der Waals surface area contributed by atoms with Crippen LogP contribution in [0.2, 0.25) is 0 Å². The summed E-state index contributed by atoms with van der Waals surface area (Å²) in [7, 11) is 1.27. The monoisotopic (exact) mass is 592 g/mol. The molecule has 0 aliphatic rings. The van der Waals surface area contributed by atoms with Gasteiger partial charge in [0.15, 0.2) is 16.8 Å². The quantitative estimate of drug-likeness (QED) is 0.0734. The van der Waals surface area contributed by atoms with Gasteiger partial charge in [-0.05, 0) is 30.5 Å². The highest BCUT2D eigenvalue weighted by Gasteiger charge is 2.73. The van der Waals surface area contributed by atoms with Crippen molar-refractivity contribution in [1.82, 2.24) is 9.99 Å². The second-order valence-corrected chi connectivity index (χ2v) is 9.28. The topological polar surface area (TPSA) is 116 Å². The molecule has 1 aromatic heterocycles. The van der Waals surface area contributed by atoms with Crippen LogP contribution in [-0.2, 0) is 10.8 Å². The van der Waals surface area contributed by atoms with Crippen molar-refractivity contribution >= 4 is 46.1 Å². The number of hydrazine groups is 1. The average molecular weight is 593 g/mol. The Balaban J connectivity index is 2.36. The zero-order valence-electron chi connectivity index (χ0n) is 19.4. The molecule has 1 heterocycles. The van der Waals surface area contributed by atoms with E-state index in [0.717, 1.165) is 16.8 Å². The largest absolute Gasteiger partial charge is 0.460 e. The molecule has 0 fully saturated rings. The number of aromatic nitrogens is 1. The minimum absolute atomic E-state index is 0.107. The highest BCUT2D eigenvalue weighted by Crippen LogP contribution is 2.51. The van der Waals surface area contributed by atoms with Crippen LogP contribution in [0.3, 0.4) is 0 Å². The van der Waals surface area contributed by atoms with Crippen LogP contribution in [0.5, 0.6) is 0 Å². The molecule has 1 aromatic carbocycles. The first-order chi connectivity index (χ1) is 17.6. The molecule has 0 aliphatic heterocycles. The van der Waals surface area contributed by atoms with Crippen LogP contribution in [-0.4, -0.2) is 58.8 Å². The highest BCUT2D eigenvalue weighted by molar-refractivity contribution is 8.13. The Morgan fingerprint density at radius 3 is 2.39 bits per heavy atom. The van der Waals surface area contributed by atoms with Gasteiger partial charge in [0.05, 0.1) is 18.4 Å². The zero-order valence-corrected chi connectivity index (χ0v) is 21.1. The molecule has 0 saturated heterocycles. The van der Waals surface area contributed by atoms with Crippen LogP contribution in [0, 0.1) is 11.2 Å². The van der Waals surface area contributed by atoms with Crippen molar-refractivity contribution in [3.8, 4) is 0 Å². The van der Waals surface area contributed by atoms with E-state index in [1.54, 1.807) is 0 Å². The Hall–Kier alpha value is -2.83. The Morgan fingerprint density at radius 2 is 1.84 bits per heavy atom. The summed E-state index contributed by atoms with van der Waals surface area (Å²) in [5, 5.41) is 11.0. The number of amides is 1. The molecule has 8 nitrogen and oxygen atoms in total. The van der Waals surface area contributed by atoms with Crippen molar-refractivity contribution < 1.29 is 44.8 Å². The third kappa shape index (κ3) is 6.97. The smallest absolute Gasteiger partial charge is 0.304 e. The summed E-state index contributed by atoms with van der Waals surface area (Å²) in [6, 6.07) is 3.80. The summed E-state index contributed by atoms with van der Waals surface area (Å²) < 4.78 is 106. The lowest BCUT2D eigenvalue weighted by atomic mass is 10.0. The van der Waals surface area contributed by atoms with Gasteiger partial charge in [0.2, 0.25) is 0 Å². The predicted octanol–water partition coefficient (Wildman–Crippen LogP) is 5.30. The first-order valence-corrected chi connectivity index (χ1v) is 12.3. The maximum absolute atomic E-state index is 14.4. The minimum Gasteiger partial charge on any atom is -0.304 e. The van der Waals surface area contributed by atoms with E-state index >= 15 is 0 Å². The average Bonchev–Trinajstić information content (AvgIpc) is 2.83. The van der Waals surface area contributed by atoms with Crippen LogP contribution in [0.15, 0.2) is 35.4 Å². The number of alkyl halides is 7. The maximum atomic E-state index is 14.4. The van der Waals surface area contributed by atoms with Gasteiger partial charge in [-0.2, -0.15) is 42.5 Å². The lowest BCUT2D eigenvalue weighted by Gasteiger charge is -2.28. The number of nitrogens with zero attached hydrogens (tertiary/aromatic N) is 2. The number of hydrogen-bond donors (Lipinski definition) is 4. The summed E-state index contributed by atoms with van der Waals surface area (Å²) >= 11 is 2.23. The molecule has 0 radical (unpaired) electrons. The number of nitrogens with two attached hydrogens (primary N) is 1. The molecule has 0 saturated carbocycles. The van der Waals surface area contributed by atoms with Crippen LogP contribution in [0.4, 0.5) is 46.6 Å². The lowest BCUT2D eigenvalue weighted by molar-refractivity contribution is -0.359.